The molecule has 0 aromatic heterocycles. The molecule has 0 fully saturated rings. The molecule has 0 aliphatic heterocycles. The second kappa shape index (κ2) is 7.18. The van der Waals surface area contributed by atoms with Crippen LogP contribution in [0.1, 0.15) is 40.0 Å². The molecule has 1 N–H and O–H groups in total. The van der Waals surface area contributed by atoms with Crippen LogP contribution in [0.5, 0.6) is 11.5 Å². The molecule has 0 unspecified atom stereocenters. The van der Waals surface area contributed by atoms with Gasteiger partial charge in [-0.3, -0.25) is 4.79 Å². The van der Waals surface area contributed by atoms with Gasteiger partial charge < -0.3 is 14.8 Å². The largest absolute Gasteiger partial charge is 0.496 e. The van der Waals surface area contributed by atoms with E-state index in [0.29, 0.717) is 17.1 Å². The lowest BCUT2D eigenvalue weighted by atomic mass is 10.00. The van der Waals surface area contributed by atoms with Crippen molar-refractivity contribution in [1.29, 1.82) is 0 Å². The molecular weight excluding hydrogens is 290 g/mol. The number of amides is 1. The Hall–Kier alpha value is -2.49. The van der Waals surface area contributed by atoms with Gasteiger partial charge in [0.2, 0.25) is 0 Å². The summed E-state index contributed by atoms with van der Waals surface area (Å²) in [5.74, 6) is 0.774. The van der Waals surface area contributed by atoms with E-state index in [4.69, 9.17) is 9.47 Å². The maximum absolute atomic E-state index is 12.7. The first-order chi connectivity index (χ1) is 11.0. The van der Waals surface area contributed by atoms with Crippen molar-refractivity contribution in [2.45, 2.75) is 26.8 Å². The Morgan fingerprint density at radius 2 is 1.65 bits per heavy atom. The Kier molecular flexibility index (Phi) is 5.27. The predicted molar refractivity (Wildman–Crippen MR) is 91.3 cm³/mol. The topological polar surface area (TPSA) is 47.6 Å². The number of hydrogen-bond acceptors (Lipinski definition) is 3. The van der Waals surface area contributed by atoms with E-state index in [1.807, 2.05) is 6.92 Å². The molecule has 122 valence electrons. The number of rotatable bonds is 5. The molecule has 4 heteroatoms. The number of carbonyl (C=O) groups excluding carboxylic acids is 1. The molecule has 0 spiro atoms. The van der Waals surface area contributed by atoms with Crippen LogP contribution in [0.25, 0.3) is 0 Å². The van der Waals surface area contributed by atoms with Crippen molar-refractivity contribution in [3.8, 4) is 11.5 Å². The van der Waals surface area contributed by atoms with Crippen molar-refractivity contribution >= 4 is 5.91 Å². The van der Waals surface area contributed by atoms with E-state index < -0.39 is 0 Å². The molecule has 1 amide bonds. The highest BCUT2D eigenvalue weighted by Gasteiger charge is 2.20. The zero-order valence-corrected chi connectivity index (χ0v) is 14.3. The molecule has 0 radical (unpaired) electrons. The molecule has 2 aromatic rings. The number of ether oxygens (including phenoxy) is 2. The highest BCUT2D eigenvalue weighted by Crippen LogP contribution is 2.29. The summed E-state index contributed by atoms with van der Waals surface area (Å²) in [6, 6.07) is 11.4. The number of carbonyl (C=O) groups is 1. The third-order valence-electron chi connectivity index (χ3n) is 3.89. The SMILES string of the molecule is COc1cccc(OC)c1C(=O)N[C@@H](C)c1ccc(C)cc1C. The van der Waals surface area contributed by atoms with Crippen LogP contribution in [0.2, 0.25) is 0 Å². The van der Waals surface area contributed by atoms with Crippen molar-refractivity contribution in [3.05, 3.63) is 58.7 Å². The van der Waals surface area contributed by atoms with Gasteiger partial charge >= 0.3 is 0 Å². The van der Waals surface area contributed by atoms with Gasteiger partial charge in [-0.2, -0.15) is 0 Å². The molecule has 0 aliphatic carbocycles. The minimum atomic E-state index is -0.216. The summed E-state index contributed by atoms with van der Waals surface area (Å²) in [6.45, 7) is 6.08. The van der Waals surface area contributed by atoms with Crippen molar-refractivity contribution in [3.63, 3.8) is 0 Å². The Morgan fingerprint density at radius 1 is 1.04 bits per heavy atom. The molecule has 0 bridgehead atoms. The van der Waals surface area contributed by atoms with Gasteiger partial charge in [-0.1, -0.05) is 29.8 Å². The average molecular weight is 313 g/mol. The zero-order valence-electron chi connectivity index (χ0n) is 14.3. The Balaban J connectivity index is 2.28. The number of methoxy groups -OCH3 is 2. The first kappa shape index (κ1) is 16.9. The summed E-state index contributed by atoms with van der Waals surface area (Å²) in [5, 5.41) is 3.02. The fourth-order valence-electron chi connectivity index (χ4n) is 2.73. The lowest BCUT2D eigenvalue weighted by Gasteiger charge is -2.19. The second-order valence-corrected chi connectivity index (χ2v) is 5.59. The van der Waals surface area contributed by atoms with Crippen LogP contribution in [0.15, 0.2) is 36.4 Å². The standard InChI is InChI=1S/C19H23NO3/c1-12-9-10-15(13(2)11-12)14(3)20-19(21)18-16(22-4)7-6-8-17(18)23-5/h6-11,14H,1-5H3,(H,20,21)/t14-/m0/s1. The van der Waals surface area contributed by atoms with Gasteiger partial charge in [0.25, 0.3) is 5.91 Å². The van der Waals surface area contributed by atoms with Crippen LogP contribution in [-0.2, 0) is 0 Å². The van der Waals surface area contributed by atoms with Crippen molar-refractivity contribution in [1.82, 2.24) is 5.32 Å². The highest BCUT2D eigenvalue weighted by molar-refractivity contribution is 6.00. The van der Waals surface area contributed by atoms with E-state index in [9.17, 15) is 4.79 Å². The van der Waals surface area contributed by atoms with Gasteiger partial charge in [-0.25, -0.2) is 0 Å². The summed E-state index contributed by atoms with van der Waals surface area (Å²) in [5.41, 5.74) is 3.87. The third-order valence-corrected chi connectivity index (χ3v) is 3.89. The maximum atomic E-state index is 12.7. The van der Waals surface area contributed by atoms with E-state index >= 15 is 0 Å². The third kappa shape index (κ3) is 3.65. The Bertz CT molecular complexity index is 688. The molecule has 0 saturated carbocycles. The summed E-state index contributed by atoms with van der Waals surface area (Å²) >= 11 is 0. The lowest BCUT2D eigenvalue weighted by Crippen LogP contribution is -2.28. The minimum absolute atomic E-state index is 0.113. The molecule has 1 atom stereocenters. The van der Waals surface area contributed by atoms with Crippen LogP contribution in [0, 0.1) is 13.8 Å². The van der Waals surface area contributed by atoms with E-state index in [0.717, 1.165) is 11.1 Å². The molecule has 0 saturated heterocycles. The summed E-state index contributed by atoms with van der Waals surface area (Å²) in [6.07, 6.45) is 0. The molecule has 2 aromatic carbocycles. The van der Waals surface area contributed by atoms with Crippen LogP contribution in [-0.4, -0.2) is 20.1 Å². The fourth-order valence-corrected chi connectivity index (χ4v) is 2.73. The summed E-state index contributed by atoms with van der Waals surface area (Å²) < 4.78 is 10.6. The Morgan fingerprint density at radius 3 is 2.17 bits per heavy atom. The van der Waals surface area contributed by atoms with Crippen molar-refractivity contribution < 1.29 is 14.3 Å². The predicted octanol–water partition coefficient (Wildman–Crippen LogP) is 3.81. The molecule has 0 aliphatic rings. The average Bonchev–Trinajstić information content (AvgIpc) is 2.53. The fraction of sp³-hybridized carbons (Fsp3) is 0.316. The molecule has 0 heterocycles. The first-order valence-corrected chi connectivity index (χ1v) is 7.57. The van der Waals surface area contributed by atoms with Gasteiger partial charge in [-0.15, -0.1) is 0 Å². The highest BCUT2D eigenvalue weighted by atomic mass is 16.5. The smallest absolute Gasteiger partial charge is 0.259 e. The van der Waals surface area contributed by atoms with Crippen molar-refractivity contribution in [2.24, 2.45) is 0 Å². The van der Waals surface area contributed by atoms with E-state index in [2.05, 4.69) is 37.4 Å². The zero-order chi connectivity index (χ0) is 17.0. The molecule has 23 heavy (non-hydrogen) atoms. The summed E-state index contributed by atoms with van der Waals surface area (Å²) in [4.78, 5) is 12.7. The maximum Gasteiger partial charge on any atom is 0.259 e. The van der Waals surface area contributed by atoms with E-state index in [-0.39, 0.29) is 11.9 Å². The Labute approximate surface area is 137 Å². The van der Waals surface area contributed by atoms with Gasteiger partial charge in [0.1, 0.15) is 17.1 Å². The van der Waals surface area contributed by atoms with Gasteiger partial charge in [0.05, 0.1) is 20.3 Å². The van der Waals surface area contributed by atoms with Gasteiger partial charge in [0, 0.05) is 0 Å². The number of benzene rings is 2. The number of nitrogens with one attached hydrogen (secondary N) is 1. The van der Waals surface area contributed by atoms with Crippen LogP contribution in [0.4, 0.5) is 0 Å². The van der Waals surface area contributed by atoms with Gasteiger partial charge in [0.15, 0.2) is 0 Å². The number of aryl methyl sites for hydroxylation is 2. The van der Waals surface area contributed by atoms with E-state index in [1.165, 1.54) is 5.56 Å². The van der Waals surface area contributed by atoms with Crippen LogP contribution in [0.3, 0.4) is 0 Å². The quantitative estimate of drug-likeness (QED) is 0.913. The van der Waals surface area contributed by atoms with Crippen molar-refractivity contribution in [2.75, 3.05) is 14.2 Å². The van der Waals surface area contributed by atoms with Gasteiger partial charge in [-0.05, 0) is 44.0 Å². The minimum Gasteiger partial charge on any atom is -0.496 e. The number of hydrogen-bond donors (Lipinski definition) is 1. The van der Waals surface area contributed by atoms with Crippen LogP contribution >= 0.6 is 0 Å². The molecule has 4 nitrogen and oxygen atoms in total. The second-order valence-electron chi connectivity index (χ2n) is 5.59. The lowest BCUT2D eigenvalue weighted by molar-refractivity contribution is 0.0933. The van der Waals surface area contributed by atoms with Crippen LogP contribution < -0.4 is 14.8 Å². The molecular formula is C19H23NO3. The first-order valence-electron chi connectivity index (χ1n) is 7.57. The normalized spacial score (nSPS) is 11.7. The van der Waals surface area contributed by atoms with E-state index in [1.54, 1.807) is 32.4 Å². The molecule has 2 rings (SSSR count). The summed E-state index contributed by atoms with van der Waals surface area (Å²) in [7, 11) is 3.08. The monoisotopic (exact) mass is 313 g/mol.